The molecule has 1 aliphatic heterocycles. The predicted molar refractivity (Wildman–Crippen MR) is 109 cm³/mol. The lowest BCUT2D eigenvalue weighted by Crippen LogP contribution is -2.54. The van der Waals surface area contributed by atoms with E-state index in [4.69, 9.17) is 4.42 Å². The fraction of sp³-hybridized carbons (Fsp3) is 0.286. The summed E-state index contributed by atoms with van der Waals surface area (Å²) in [5.41, 5.74) is 3.00. The lowest BCUT2D eigenvalue weighted by Gasteiger charge is -2.37. The van der Waals surface area contributed by atoms with E-state index in [9.17, 15) is 4.79 Å². The van der Waals surface area contributed by atoms with E-state index in [0.29, 0.717) is 34.6 Å². The van der Waals surface area contributed by atoms with Crippen LogP contribution in [0, 0.1) is 0 Å². The molecule has 0 saturated carbocycles. The third kappa shape index (κ3) is 2.93. The number of fused-ring (bicyclic) bond motifs is 2. The Labute approximate surface area is 161 Å². The highest BCUT2D eigenvalue weighted by Crippen LogP contribution is 2.26. The monoisotopic (exact) mass is 375 g/mol. The minimum absolute atomic E-state index is 0.386. The third-order valence-electron chi connectivity index (χ3n) is 5.18. The first-order valence-corrected chi connectivity index (χ1v) is 9.45. The van der Waals surface area contributed by atoms with Crippen LogP contribution in [0.1, 0.15) is 13.8 Å². The van der Waals surface area contributed by atoms with E-state index in [1.807, 2.05) is 28.8 Å². The second kappa shape index (κ2) is 6.45. The van der Waals surface area contributed by atoms with Gasteiger partial charge in [0.1, 0.15) is 5.58 Å². The van der Waals surface area contributed by atoms with Gasteiger partial charge in [0.2, 0.25) is 0 Å². The number of benzene rings is 1. The standard InChI is InChI=1S/C21H21N5O2/c1-13-10-26(11-14(2)23-13)16-4-3-15-7-17(21(27)28-19(15)8-16)18-12-25-6-5-22-9-20(25)24-18/h3-9,12-14,23H,10-11H2,1-2H3/t13-,14+. The van der Waals surface area contributed by atoms with Crippen LogP contribution in [0.25, 0.3) is 27.9 Å². The molecule has 1 saturated heterocycles. The lowest BCUT2D eigenvalue weighted by atomic mass is 10.1. The Bertz CT molecular complexity index is 1190. The minimum Gasteiger partial charge on any atom is -0.422 e. The van der Waals surface area contributed by atoms with Crippen molar-refractivity contribution in [1.82, 2.24) is 19.7 Å². The molecule has 28 heavy (non-hydrogen) atoms. The largest absolute Gasteiger partial charge is 0.422 e. The van der Waals surface area contributed by atoms with E-state index >= 15 is 0 Å². The predicted octanol–water partition coefficient (Wildman–Crippen LogP) is 2.69. The quantitative estimate of drug-likeness (QED) is 0.543. The van der Waals surface area contributed by atoms with Gasteiger partial charge in [0.15, 0.2) is 5.65 Å². The van der Waals surface area contributed by atoms with Crippen molar-refractivity contribution in [3.8, 4) is 11.3 Å². The van der Waals surface area contributed by atoms with E-state index < -0.39 is 0 Å². The van der Waals surface area contributed by atoms with Crippen molar-refractivity contribution in [2.24, 2.45) is 0 Å². The molecule has 0 bridgehead atoms. The number of nitrogens with one attached hydrogen (secondary N) is 1. The Morgan fingerprint density at radius 3 is 2.79 bits per heavy atom. The Hall–Kier alpha value is -3.19. The van der Waals surface area contributed by atoms with Crippen LogP contribution in [0.3, 0.4) is 0 Å². The van der Waals surface area contributed by atoms with Crippen molar-refractivity contribution in [2.75, 3.05) is 18.0 Å². The van der Waals surface area contributed by atoms with Gasteiger partial charge in [-0.3, -0.25) is 4.98 Å². The maximum Gasteiger partial charge on any atom is 0.345 e. The van der Waals surface area contributed by atoms with Gasteiger partial charge in [-0.05, 0) is 32.0 Å². The van der Waals surface area contributed by atoms with E-state index in [2.05, 4.69) is 40.1 Å². The maximum atomic E-state index is 12.6. The molecule has 1 fully saturated rings. The molecule has 4 aromatic rings. The van der Waals surface area contributed by atoms with Gasteiger partial charge < -0.3 is 19.0 Å². The summed E-state index contributed by atoms with van der Waals surface area (Å²) < 4.78 is 7.50. The number of anilines is 1. The van der Waals surface area contributed by atoms with Gasteiger partial charge in [-0.2, -0.15) is 0 Å². The van der Waals surface area contributed by atoms with Crippen LogP contribution in [0.4, 0.5) is 5.69 Å². The zero-order valence-corrected chi connectivity index (χ0v) is 15.8. The molecular formula is C21H21N5O2. The van der Waals surface area contributed by atoms with Crippen LogP contribution >= 0.6 is 0 Å². The van der Waals surface area contributed by atoms with Crippen molar-refractivity contribution in [2.45, 2.75) is 25.9 Å². The summed E-state index contributed by atoms with van der Waals surface area (Å²) in [5, 5.41) is 4.41. The number of nitrogens with zero attached hydrogens (tertiary/aromatic N) is 4. The highest BCUT2D eigenvalue weighted by molar-refractivity contribution is 5.84. The average molecular weight is 375 g/mol. The molecule has 4 heterocycles. The Morgan fingerprint density at radius 2 is 2.00 bits per heavy atom. The van der Waals surface area contributed by atoms with Crippen molar-refractivity contribution < 1.29 is 4.42 Å². The fourth-order valence-electron chi connectivity index (χ4n) is 3.99. The van der Waals surface area contributed by atoms with E-state index in [1.165, 1.54) is 0 Å². The molecule has 7 nitrogen and oxygen atoms in total. The molecule has 1 aromatic carbocycles. The van der Waals surface area contributed by atoms with Crippen LogP contribution in [0.15, 0.2) is 58.3 Å². The number of aromatic nitrogens is 3. The second-order valence-electron chi connectivity index (χ2n) is 7.51. The first-order chi connectivity index (χ1) is 13.6. The Morgan fingerprint density at radius 1 is 1.18 bits per heavy atom. The molecule has 7 heteroatoms. The van der Waals surface area contributed by atoms with Gasteiger partial charge in [-0.15, -0.1) is 0 Å². The molecule has 142 valence electrons. The van der Waals surface area contributed by atoms with Crippen molar-refractivity contribution in [1.29, 1.82) is 0 Å². The summed E-state index contributed by atoms with van der Waals surface area (Å²) in [7, 11) is 0. The molecule has 3 aromatic heterocycles. The van der Waals surface area contributed by atoms with Crippen molar-refractivity contribution >= 4 is 22.3 Å². The molecule has 1 N–H and O–H groups in total. The average Bonchev–Trinajstić information content (AvgIpc) is 3.10. The van der Waals surface area contributed by atoms with Crippen LogP contribution in [0.5, 0.6) is 0 Å². The number of piperazine rings is 1. The van der Waals surface area contributed by atoms with Crippen LogP contribution in [-0.2, 0) is 0 Å². The number of hydrogen-bond donors (Lipinski definition) is 1. The maximum absolute atomic E-state index is 12.6. The van der Waals surface area contributed by atoms with Crippen LogP contribution in [0.2, 0.25) is 0 Å². The smallest absolute Gasteiger partial charge is 0.345 e. The molecule has 0 radical (unpaired) electrons. The lowest BCUT2D eigenvalue weighted by molar-refractivity contribution is 0.407. The van der Waals surface area contributed by atoms with Gasteiger partial charge in [0, 0.05) is 60.9 Å². The summed E-state index contributed by atoms with van der Waals surface area (Å²) in [4.78, 5) is 23.5. The molecule has 0 unspecified atom stereocenters. The van der Waals surface area contributed by atoms with Gasteiger partial charge in [-0.25, -0.2) is 9.78 Å². The zero-order chi connectivity index (χ0) is 19.3. The highest BCUT2D eigenvalue weighted by atomic mass is 16.4. The third-order valence-corrected chi connectivity index (χ3v) is 5.18. The summed E-state index contributed by atoms with van der Waals surface area (Å²) in [6, 6.07) is 8.73. The first kappa shape index (κ1) is 16.9. The van der Waals surface area contributed by atoms with Crippen molar-refractivity contribution in [3.63, 3.8) is 0 Å². The summed E-state index contributed by atoms with van der Waals surface area (Å²) in [6.45, 7) is 6.21. The molecule has 2 atom stereocenters. The molecular weight excluding hydrogens is 354 g/mol. The molecule has 1 aliphatic rings. The van der Waals surface area contributed by atoms with Crippen LogP contribution in [-0.4, -0.2) is 39.5 Å². The van der Waals surface area contributed by atoms with Gasteiger partial charge in [-0.1, -0.05) is 0 Å². The highest BCUT2D eigenvalue weighted by Gasteiger charge is 2.21. The topological polar surface area (TPSA) is 75.7 Å². The summed E-state index contributed by atoms with van der Waals surface area (Å²) in [5.74, 6) is 0. The Balaban J connectivity index is 1.55. The zero-order valence-electron chi connectivity index (χ0n) is 15.8. The van der Waals surface area contributed by atoms with E-state index in [-0.39, 0.29) is 5.63 Å². The number of rotatable bonds is 2. The fourth-order valence-corrected chi connectivity index (χ4v) is 3.99. The minimum atomic E-state index is -0.386. The van der Waals surface area contributed by atoms with Crippen molar-refractivity contribution in [3.05, 3.63) is 59.5 Å². The number of hydrogen-bond acceptors (Lipinski definition) is 6. The molecule has 0 amide bonds. The Kier molecular flexibility index (Phi) is 3.91. The van der Waals surface area contributed by atoms with E-state index in [0.717, 1.165) is 24.2 Å². The van der Waals surface area contributed by atoms with Gasteiger partial charge in [0.05, 0.1) is 17.5 Å². The van der Waals surface area contributed by atoms with Gasteiger partial charge >= 0.3 is 5.63 Å². The first-order valence-electron chi connectivity index (χ1n) is 9.45. The van der Waals surface area contributed by atoms with Gasteiger partial charge in [0.25, 0.3) is 0 Å². The van der Waals surface area contributed by atoms with E-state index in [1.54, 1.807) is 18.6 Å². The van der Waals surface area contributed by atoms with Crippen LogP contribution < -0.4 is 15.8 Å². The molecule has 5 rings (SSSR count). The normalized spacial score (nSPS) is 20.1. The molecule has 0 aliphatic carbocycles. The second-order valence-corrected chi connectivity index (χ2v) is 7.51. The summed E-state index contributed by atoms with van der Waals surface area (Å²) >= 11 is 0. The molecule has 0 spiro atoms. The SMILES string of the molecule is C[C@@H]1CN(c2ccc3cc(-c4cn5ccncc5n4)c(=O)oc3c2)C[C@H](C)N1. The number of imidazole rings is 1. The summed E-state index contributed by atoms with van der Waals surface area (Å²) in [6.07, 6.45) is 6.96.